The first-order chi connectivity index (χ1) is 9.06. The van der Waals surface area contributed by atoms with Gasteiger partial charge in [-0.25, -0.2) is 0 Å². The number of amides is 1. The predicted octanol–water partition coefficient (Wildman–Crippen LogP) is 0.763. The van der Waals surface area contributed by atoms with Gasteiger partial charge in [-0.2, -0.15) is 0 Å². The van der Waals surface area contributed by atoms with Crippen LogP contribution in [0.4, 0.5) is 0 Å². The minimum absolute atomic E-state index is 0.00854. The Hall–Kier alpha value is -1.62. The Labute approximate surface area is 113 Å². The van der Waals surface area contributed by atoms with Crippen LogP contribution >= 0.6 is 0 Å². The molecule has 1 aromatic rings. The summed E-state index contributed by atoms with van der Waals surface area (Å²) in [6.07, 6.45) is 3.18. The highest BCUT2D eigenvalue weighted by atomic mass is 16.3. The molecule has 1 heterocycles. The average molecular weight is 266 g/mol. The van der Waals surface area contributed by atoms with E-state index in [0.29, 0.717) is 6.54 Å². The van der Waals surface area contributed by atoms with Gasteiger partial charge in [0.1, 0.15) is 6.54 Å². The van der Waals surface area contributed by atoms with Crippen molar-refractivity contribution in [2.24, 2.45) is 5.41 Å². The molecule has 5 heteroatoms. The quantitative estimate of drug-likeness (QED) is 0.765. The summed E-state index contributed by atoms with van der Waals surface area (Å²) in [4.78, 5) is 23.3. The second-order valence-electron chi connectivity index (χ2n) is 4.81. The number of nitrogens with one attached hydrogen (secondary N) is 1. The van der Waals surface area contributed by atoms with Crippen LogP contribution in [-0.4, -0.2) is 28.7 Å². The highest BCUT2D eigenvalue weighted by molar-refractivity contribution is 5.75. The number of aliphatic hydroxyl groups is 1. The van der Waals surface area contributed by atoms with Crippen molar-refractivity contribution >= 4 is 5.91 Å². The van der Waals surface area contributed by atoms with E-state index < -0.39 is 0 Å². The molecular weight excluding hydrogens is 244 g/mol. The Morgan fingerprint density at radius 2 is 2.05 bits per heavy atom. The molecule has 19 heavy (non-hydrogen) atoms. The highest BCUT2D eigenvalue weighted by Gasteiger charge is 2.25. The third kappa shape index (κ3) is 4.21. The van der Waals surface area contributed by atoms with E-state index >= 15 is 0 Å². The number of carbonyl (C=O) groups excluding carboxylic acids is 1. The van der Waals surface area contributed by atoms with Crippen LogP contribution in [0, 0.1) is 5.41 Å². The lowest BCUT2D eigenvalue weighted by molar-refractivity contribution is -0.122. The fraction of sp³-hybridized carbons (Fsp3) is 0.571. The maximum atomic E-state index is 11.8. The first kappa shape index (κ1) is 15.4. The lowest BCUT2D eigenvalue weighted by Crippen LogP contribution is -2.41. The number of pyridine rings is 1. The van der Waals surface area contributed by atoms with Crippen molar-refractivity contribution in [3.05, 3.63) is 34.7 Å². The van der Waals surface area contributed by atoms with E-state index in [1.165, 1.54) is 10.6 Å². The van der Waals surface area contributed by atoms with E-state index in [1.807, 2.05) is 13.8 Å². The SMILES string of the molecule is CCC(CC)(CO)CNC(=O)Cn1ccccc1=O. The minimum Gasteiger partial charge on any atom is -0.396 e. The van der Waals surface area contributed by atoms with E-state index in [4.69, 9.17) is 0 Å². The number of hydrogen-bond donors (Lipinski definition) is 2. The fourth-order valence-electron chi connectivity index (χ4n) is 1.87. The van der Waals surface area contributed by atoms with Crippen molar-refractivity contribution < 1.29 is 9.90 Å². The van der Waals surface area contributed by atoms with Crippen LogP contribution in [0.5, 0.6) is 0 Å². The molecule has 0 saturated heterocycles. The van der Waals surface area contributed by atoms with Gasteiger partial charge in [0.15, 0.2) is 0 Å². The Kier molecular flexibility index (Phi) is 5.76. The molecule has 0 fully saturated rings. The lowest BCUT2D eigenvalue weighted by Gasteiger charge is -2.29. The van der Waals surface area contributed by atoms with Crippen LogP contribution in [0.3, 0.4) is 0 Å². The maximum absolute atomic E-state index is 11.8. The summed E-state index contributed by atoms with van der Waals surface area (Å²) in [5.41, 5.74) is -0.464. The summed E-state index contributed by atoms with van der Waals surface area (Å²) >= 11 is 0. The van der Waals surface area contributed by atoms with Gasteiger partial charge in [0.05, 0.1) is 6.61 Å². The Bertz CT molecular complexity index is 455. The molecule has 2 N–H and O–H groups in total. The molecule has 1 amide bonds. The average Bonchev–Trinajstić information content (AvgIpc) is 2.44. The van der Waals surface area contributed by atoms with E-state index in [1.54, 1.807) is 18.3 Å². The van der Waals surface area contributed by atoms with Gasteiger partial charge in [-0.15, -0.1) is 0 Å². The topological polar surface area (TPSA) is 71.3 Å². The van der Waals surface area contributed by atoms with Gasteiger partial charge in [0.2, 0.25) is 5.91 Å². The van der Waals surface area contributed by atoms with E-state index in [0.717, 1.165) is 12.8 Å². The molecule has 0 aliphatic heterocycles. The highest BCUT2D eigenvalue weighted by Crippen LogP contribution is 2.24. The first-order valence-electron chi connectivity index (χ1n) is 6.60. The lowest BCUT2D eigenvalue weighted by atomic mass is 9.83. The molecule has 0 atom stereocenters. The summed E-state index contributed by atoms with van der Waals surface area (Å²) in [5, 5.41) is 12.2. The Morgan fingerprint density at radius 1 is 1.37 bits per heavy atom. The molecule has 5 nitrogen and oxygen atoms in total. The summed E-state index contributed by atoms with van der Waals surface area (Å²) in [6.45, 7) is 4.47. The smallest absolute Gasteiger partial charge is 0.250 e. The van der Waals surface area contributed by atoms with Crippen LogP contribution in [0.2, 0.25) is 0 Å². The zero-order valence-corrected chi connectivity index (χ0v) is 11.6. The minimum atomic E-state index is -0.267. The van der Waals surface area contributed by atoms with Crippen LogP contribution < -0.4 is 10.9 Å². The van der Waals surface area contributed by atoms with E-state index in [-0.39, 0.29) is 30.0 Å². The number of aromatic nitrogens is 1. The fourth-order valence-corrected chi connectivity index (χ4v) is 1.87. The predicted molar refractivity (Wildman–Crippen MR) is 73.8 cm³/mol. The molecular formula is C14H22N2O3. The molecule has 1 rings (SSSR count). The van der Waals surface area contributed by atoms with E-state index in [9.17, 15) is 14.7 Å². The van der Waals surface area contributed by atoms with Gasteiger partial charge < -0.3 is 15.0 Å². The van der Waals surface area contributed by atoms with Crippen molar-refractivity contribution in [2.75, 3.05) is 13.2 Å². The van der Waals surface area contributed by atoms with Crippen LogP contribution in [-0.2, 0) is 11.3 Å². The molecule has 0 saturated carbocycles. The molecule has 1 aromatic heterocycles. The molecule has 0 aromatic carbocycles. The van der Waals surface area contributed by atoms with Gasteiger partial charge in [0, 0.05) is 24.2 Å². The monoisotopic (exact) mass is 266 g/mol. The van der Waals surface area contributed by atoms with E-state index in [2.05, 4.69) is 5.32 Å². The van der Waals surface area contributed by atoms with Gasteiger partial charge in [-0.05, 0) is 18.9 Å². The number of aliphatic hydroxyl groups excluding tert-OH is 1. The normalized spacial score (nSPS) is 11.3. The Balaban J connectivity index is 2.57. The van der Waals surface area contributed by atoms with Crippen molar-refractivity contribution in [3.8, 4) is 0 Å². The third-order valence-corrected chi connectivity index (χ3v) is 3.71. The van der Waals surface area contributed by atoms with Gasteiger partial charge in [-0.1, -0.05) is 19.9 Å². The number of hydrogen-bond acceptors (Lipinski definition) is 3. The Morgan fingerprint density at radius 3 is 2.58 bits per heavy atom. The summed E-state index contributed by atoms with van der Waals surface area (Å²) in [6, 6.07) is 4.77. The molecule has 106 valence electrons. The summed E-state index contributed by atoms with van der Waals surface area (Å²) in [7, 11) is 0. The number of rotatable bonds is 7. The molecule has 0 aliphatic rings. The number of carbonyl (C=O) groups is 1. The van der Waals surface area contributed by atoms with Crippen molar-refractivity contribution in [3.63, 3.8) is 0 Å². The number of nitrogens with zero attached hydrogens (tertiary/aromatic N) is 1. The van der Waals surface area contributed by atoms with Crippen molar-refractivity contribution in [1.82, 2.24) is 9.88 Å². The molecule has 0 radical (unpaired) electrons. The second kappa shape index (κ2) is 7.09. The largest absolute Gasteiger partial charge is 0.396 e. The molecule has 0 unspecified atom stereocenters. The van der Waals surface area contributed by atoms with Crippen molar-refractivity contribution in [2.45, 2.75) is 33.2 Å². The zero-order chi connectivity index (χ0) is 14.3. The zero-order valence-electron chi connectivity index (χ0n) is 11.6. The van der Waals surface area contributed by atoms with Crippen LogP contribution in [0.25, 0.3) is 0 Å². The van der Waals surface area contributed by atoms with Gasteiger partial charge in [0.25, 0.3) is 5.56 Å². The van der Waals surface area contributed by atoms with Gasteiger partial charge >= 0.3 is 0 Å². The first-order valence-corrected chi connectivity index (χ1v) is 6.60. The summed E-state index contributed by atoms with van der Waals surface area (Å²) < 4.78 is 1.36. The van der Waals surface area contributed by atoms with Gasteiger partial charge in [-0.3, -0.25) is 9.59 Å². The van der Waals surface area contributed by atoms with Crippen molar-refractivity contribution in [1.29, 1.82) is 0 Å². The maximum Gasteiger partial charge on any atom is 0.250 e. The summed E-state index contributed by atoms with van der Waals surface area (Å²) in [5.74, 6) is -0.215. The molecule has 0 bridgehead atoms. The van der Waals surface area contributed by atoms with Crippen LogP contribution in [0.1, 0.15) is 26.7 Å². The van der Waals surface area contributed by atoms with Crippen LogP contribution in [0.15, 0.2) is 29.2 Å². The molecule has 0 aliphatic carbocycles. The second-order valence-corrected chi connectivity index (χ2v) is 4.81. The standard InChI is InChI=1S/C14H22N2O3/c1-3-14(4-2,11-17)10-15-12(18)9-16-8-6-5-7-13(16)19/h5-8,17H,3-4,9-11H2,1-2H3,(H,15,18). The third-order valence-electron chi connectivity index (χ3n) is 3.71. The molecule has 0 spiro atoms.